The van der Waals surface area contributed by atoms with E-state index in [-0.39, 0.29) is 0 Å². The Morgan fingerprint density at radius 2 is 1.65 bits per heavy atom. The molecular weight excluding hydrogens is 477 g/mol. The molecule has 0 aliphatic carbocycles. The number of hydrogen-bond acceptors (Lipinski definition) is 6. The normalized spacial score (nSPS) is 16.4. The first-order chi connectivity index (χ1) is 15.0. The van der Waals surface area contributed by atoms with Crippen LogP contribution < -0.4 is 0 Å². The quantitative estimate of drug-likeness (QED) is 0.339. The molecule has 0 aromatic heterocycles. The summed E-state index contributed by atoms with van der Waals surface area (Å²) in [4.78, 5) is 29.2. The Labute approximate surface area is 195 Å². The molecule has 0 N–H and O–H groups in total. The molecule has 1 aliphatic heterocycles. The number of carbonyl (C=O) groups is 2. The Hall–Kier alpha value is -2.47. The predicted molar refractivity (Wildman–Crippen MR) is 124 cm³/mol. The number of nitrogens with zero attached hydrogens (tertiary/aromatic N) is 1. The van der Waals surface area contributed by atoms with Gasteiger partial charge >= 0.3 is 196 Å². The van der Waals surface area contributed by atoms with Crippen LogP contribution >= 0.6 is 11.8 Å². The first-order valence-corrected chi connectivity index (χ1v) is 12.1. The van der Waals surface area contributed by atoms with E-state index in [1.165, 1.54) is 14.2 Å². The van der Waals surface area contributed by atoms with Gasteiger partial charge in [-0.2, -0.15) is 0 Å². The van der Waals surface area contributed by atoms with Crippen LogP contribution in [-0.2, 0) is 19.1 Å². The number of hydrogen-bond donors (Lipinski definition) is 0. The average molecular weight is 501 g/mol. The van der Waals surface area contributed by atoms with Crippen molar-refractivity contribution >= 4 is 45.4 Å². The third kappa shape index (κ3) is 4.45. The van der Waals surface area contributed by atoms with Gasteiger partial charge in [-0.1, -0.05) is 0 Å². The molecule has 1 unspecified atom stereocenters. The molecule has 0 bridgehead atoms. The molecule has 161 valence electrons. The zero-order valence-corrected chi connectivity index (χ0v) is 20.4. The van der Waals surface area contributed by atoms with Gasteiger partial charge in [-0.05, 0) is 0 Å². The Balaban J connectivity index is 2.41. The fourth-order valence-corrected chi connectivity index (χ4v) is 5.02. The first kappa shape index (κ1) is 23.2. The molecule has 0 saturated carbocycles. The number of carbonyl (C=O) groups excluding carboxylic acids is 2. The van der Waals surface area contributed by atoms with Crippen LogP contribution in [0.3, 0.4) is 0 Å². The zero-order valence-electron chi connectivity index (χ0n) is 17.9. The van der Waals surface area contributed by atoms with Gasteiger partial charge in [0.1, 0.15) is 0 Å². The van der Waals surface area contributed by atoms with Crippen LogP contribution in [0.2, 0.25) is 0 Å². The summed E-state index contributed by atoms with van der Waals surface area (Å²) in [5.41, 5.74) is 4.44. The molecule has 2 aromatic rings. The monoisotopic (exact) mass is 502 g/mol. The van der Waals surface area contributed by atoms with Crippen LogP contribution in [-0.4, -0.2) is 58.8 Å². The van der Waals surface area contributed by atoms with Gasteiger partial charge in [-0.25, -0.2) is 0 Å². The summed E-state index contributed by atoms with van der Waals surface area (Å²) in [7, 11) is 2.72. The van der Waals surface area contributed by atoms with Crippen LogP contribution in [0, 0.1) is 0 Å². The van der Waals surface area contributed by atoms with Gasteiger partial charge in [0.25, 0.3) is 0 Å². The van der Waals surface area contributed by atoms with Crippen LogP contribution in [0.1, 0.15) is 24.0 Å². The minimum atomic E-state index is -0.620. The van der Waals surface area contributed by atoms with Crippen molar-refractivity contribution in [2.45, 2.75) is 17.7 Å². The van der Waals surface area contributed by atoms with Gasteiger partial charge < -0.3 is 0 Å². The van der Waals surface area contributed by atoms with Gasteiger partial charge in [0, 0.05) is 0 Å². The summed E-state index contributed by atoms with van der Waals surface area (Å²) < 4.78 is 10.4. The molecule has 0 fully saturated rings. The van der Waals surface area contributed by atoms with Crippen LogP contribution in [0.4, 0.5) is 0 Å². The SMILES string of the molecule is COC(=O)C1=C(C)N(C[Se])C(c2ccccc2)=C(C(=O)OC)C1c1cccc(SC)c1. The van der Waals surface area contributed by atoms with Crippen LogP contribution in [0.5, 0.6) is 0 Å². The standard InChI is InChI=1S/C24H24NO4SSe/c1-15-19(23(26)28-2)20(17-11-8-12-18(13-17)30-4)21(24(27)29-3)22(25(15)14-31)16-9-6-5-7-10-16/h5-13,20H,14H2,1-4H3. The molecule has 1 radical (unpaired) electrons. The van der Waals surface area contributed by atoms with E-state index in [2.05, 4.69) is 16.0 Å². The Kier molecular flexibility index (Phi) is 7.65. The summed E-state index contributed by atoms with van der Waals surface area (Å²) in [5.74, 6) is -1.57. The molecule has 31 heavy (non-hydrogen) atoms. The number of esters is 2. The molecule has 1 aliphatic rings. The second-order valence-corrected chi connectivity index (χ2v) is 8.30. The molecule has 7 heteroatoms. The summed E-state index contributed by atoms with van der Waals surface area (Å²) in [5, 5.41) is 0. The topological polar surface area (TPSA) is 55.8 Å². The molecule has 0 saturated heterocycles. The maximum absolute atomic E-state index is 13.2. The Morgan fingerprint density at radius 1 is 1.00 bits per heavy atom. The first-order valence-electron chi connectivity index (χ1n) is 9.65. The van der Waals surface area contributed by atoms with E-state index in [1.807, 2.05) is 72.7 Å². The molecule has 1 heterocycles. The molecule has 0 amide bonds. The van der Waals surface area contributed by atoms with Crippen molar-refractivity contribution in [3.05, 3.63) is 82.6 Å². The van der Waals surface area contributed by atoms with E-state index >= 15 is 0 Å². The third-order valence-corrected chi connectivity index (χ3v) is 6.58. The van der Waals surface area contributed by atoms with Crippen molar-refractivity contribution in [1.29, 1.82) is 0 Å². The van der Waals surface area contributed by atoms with Gasteiger partial charge in [0.2, 0.25) is 0 Å². The third-order valence-electron chi connectivity index (χ3n) is 5.31. The van der Waals surface area contributed by atoms with Crippen molar-refractivity contribution in [1.82, 2.24) is 4.90 Å². The van der Waals surface area contributed by atoms with Crippen molar-refractivity contribution in [2.24, 2.45) is 0 Å². The number of allylic oxidation sites excluding steroid dienone is 1. The second kappa shape index (κ2) is 10.2. The molecule has 3 rings (SSSR count). The van der Waals surface area contributed by atoms with Crippen molar-refractivity contribution in [3.63, 3.8) is 0 Å². The Morgan fingerprint density at radius 3 is 2.23 bits per heavy atom. The summed E-state index contributed by atoms with van der Waals surface area (Å²) in [6, 6.07) is 17.5. The fourth-order valence-electron chi connectivity index (χ4n) is 3.87. The van der Waals surface area contributed by atoms with E-state index in [0.717, 1.165) is 27.4 Å². The zero-order chi connectivity index (χ0) is 22.5. The van der Waals surface area contributed by atoms with Gasteiger partial charge in [-0.15, -0.1) is 0 Å². The van der Waals surface area contributed by atoms with E-state index in [9.17, 15) is 9.59 Å². The molecular formula is C24H24NO4SSe. The molecule has 1 atom stereocenters. The van der Waals surface area contributed by atoms with E-state index in [0.29, 0.717) is 16.6 Å². The van der Waals surface area contributed by atoms with Crippen molar-refractivity contribution in [3.8, 4) is 0 Å². The average Bonchev–Trinajstić information content (AvgIpc) is 2.82. The molecule has 0 spiro atoms. The van der Waals surface area contributed by atoms with Crippen molar-refractivity contribution in [2.75, 3.05) is 25.9 Å². The number of rotatable bonds is 6. The van der Waals surface area contributed by atoms with E-state index in [1.54, 1.807) is 11.8 Å². The van der Waals surface area contributed by atoms with E-state index < -0.39 is 17.9 Å². The number of ether oxygens (including phenoxy) is 2. The summed E-state index contributed by atoms with van der Waals surface area (Å²) >= 11 is 4.62. The molecule has 2 aromatic carbocycles. The summed E-state index contributed by atoms with van der Waals surface area (Å²) in [6.07, 6.45) is 1.99. The van der Waals surface area contributed by atoms with Gasteiger partial charge in [-0.3, -0.25) is 0 Å². The van der Waals surface area contributed by atoms with E-state index in [4.69, 9.17) is 9.47 Å². The Bertz CT molecular complexity index is 1050. The van der Waals surface area contributed by atoms with Crippen LogP contribution in [0.25, 0.3) is 5.70 Å². The molecule has 5 nitrogen and oxygen atoms in total. The fraction of sp³-hybridized carbons (Fsp3) is 0.250. The summed E-state index contributed by atoms with van der Waals surface area (Å²) in [6.45, 7) is 1.88. The second-order valence-electron chi connectivity index (χ2n) is 6.88. The predicted octanol–water partition coefficient (Wildman–Crippen LogP) is 3.97. The minimum absolute atomic E-state index is 0.410. The number of methoxy groups -OCH3 is 2. The van der Waals surface area contributed by atoms with Gasteiger partial charge in [0.15, 0.2) is 0 Å². The number of benzene rings is 2. The maximum atomic E-state index is 13.2. The van der Waals surface area contributed by atoms with Crippen molar-refractivity contribution < 1.29 is 19.1 Å². The van der Waals surface area contributed by atoms with Gasteiger partial charge in [0.05, 0.1) is 0 Å². The number of thioether (sulfide) groups is 1. The van der Waals surface area contributed by atoms with Crippen LogP contribution in [0.15, 0.2) is 76.3 Å².